The number of pyridine rings is 1. The third kappa shape index (κ3) is 3.64. The lowest BCUT2D eigenvalue weighted by Gasteiger charge is -2.11. The summed E-state index contributed by atoms with van der Waals surface area (Å²) in [4.78, 5) is 7.88. The monoisotopic (exact) mass is 441 g/mol. The third-order valence-electron chi connectivity index (χ3n) is 4.45. The maximum Gasteiger partial charge on any atom is 0.419 e. The van der Waals surface area contributed by atoms with E-state index in [0.29, 0.717) is 12.1 Å². The number of rotatable bonds is 2. The van der Waals surface area contributed by atoms with E-state index < -0.39 is 29.3 Å². The molecule has 0 bridgehead atoms. The van der Waals surface area contributed by atoms with Crippen LogP contribution in [0.25, 0.3) is 28.2 Å². The topological polar surface area (TPSA) is 69.1 Å². The summed E-state index contributed by atoms with van der Waals surface area (Å²) in [5.41, 5.74) is 2.99. The second-order valence-corrected chi connectivity index (χ2v) is 6.45. The molecule has 1 aromatic carbocycles. The first-order chi connectivity index (χ1) is 14.5. The Bertz CT molecular complexity index is 1290. The van der Waals surface area contributed by atoms with Crippen molar-refractivity contribution in [2.45, 2.75) is 12.4 Å². The third-order valence-corrected chi connectivity index (χ3v) is 4.45. The molecule has 0 saturated heterocycles. The first-order valence-electron chi connectivity index (χ1n) is 8.51. The summed E-state index contributed by atoms with van der Waals surface area (Å²) in [6.45, 7) is 0. The van der Waals surface area contributed by atoms with Crippen LogP contribution in [0.5, 0.6) is 0 Å². The largest absolute Gasteiger partial charge is 0.419 e. The fraction of sp³-hybridized carbons (Fsp3) is 0.105. The van der Waals surface area contributed by atoms with E-state index in [2.05, 4.69) is 15.1 Å². The van der Waals surface area contributed by atoms with Crippen LogP contribution in [0.2, 0.25) is 0 Å². The van der Waals surface area contributed by atoms with Gasteiger partial charge in [0, 0.05) is 17.3 Å². The van der Waals surface area contributed by atoms with Crippen LogP contribution in [0.1, 0.15) is 11.1 Å². The van der Waals surface area contributed by atoms with Crippen LogP contribution in [0.4, 0.5) is 36.6 Å². The highest BCUT2D eigenvalue weighted by Gasteiger charge is 2.35. The van der Waals surface area contributed by atoms with Crippen molar-refractivity contribution >= 4 is 11.5 Å². The molecular weight excluding hydrogens is 431 g/mol. The highest BCUT2D eigenvalue weighted by Crippen LogP contribution is 2.37. The molecule has 31 heavy (non-hydrogen) atoms. The van der Waals surface area contributed by atoms with Crippen LogP contribution in [-0.2, 0) is 12.4 Å². The lowest BCUT2D eigenvalue weighted by atomic mass is 10.1. The summed E-state index contributed by atoms with van der Waals surface area (Å²) in [6.07, 6.45) is -7.25. The van der Waals surface area contributed by atoms with Gasteiger partial charge in [-0.25, -0.2) is 9.37 Å². The van der Waals surface area contributed by atoms with E-state index in [9.17, 15) is 30.7 Å². The summed E-state index contributed by atoms with van der Waals surface area (Å²) in [6, 6.07) is 5.42. The molecule has 0 fully saturated rings. The van der Waals surface area contributed by atoms with Crippen molar-refractivity contribution in [3.8, 4) is 22.5 Å². The Kier molecular flexibility index (Phi) is 4.60. The normalized spacial score (nSPS) is 12.5. The second-order valence-electron chi connectivity index (χ2n) is 6.45. The number of nitrogen functional groups attached to an aromatic ring is 1. The Hall–Kier alpha value is -3.70. The first-order valence-corrected chi connectivity index (χ1v) is 8.51. The molecule has 2 N–H and O–H groups in total. The summed E-state index contributed by atoms with van der Waals surface area (Å²) >= 11 is 0. The number of benzene rings is 1. The fourth-order valence-electron chi connectivity index (χ4n) is 3.05. The van der Waals surface area contributed by atoms with E-state index in [0.717, 1.165) is 28.9 Å². The van der Waals surface area contributed by atoms with Crippen molar-refractivity contribution in [2.75, 3.05) is 5.73 Å². The first kappa shape index (κ1) is 20.6. The molecule has 0 aliphatic rings. The summed E-state index contributed by atoms with van der Waals surface area (Å²) in [5.74, 6) is -1.64. The number of nitrogens with zero attached hydrogens (tertiary/aromatic N) is 4. The van der Waals surface area contributed by atoms with Gasteiger partial charge < -0.3 is 5.73 Å². The van der Waals surface area contributed by atoms with E-state index in [1.54, 1.807) is 0 Å². The molecule has 0 atom stereocenters. The minimum atomic E-state index is -4.87. The quantitative estimate of drug-likeness (QED) is 0.434. The molecule has 12 heteroatoms. The van der Waals surface area contributed by atoms with Gasteiger partial charge in [0.15, 0.2) is 11.5 Å². The Balaban J connectivity index is 1.83. The average Bonchev–Trinajstić information content (AvgIpc) is 3.02. The van der Waals surface area contributed by atoms with Crippen molar-refractivity contribution in [3.63, 3.8) is 0 Å². The Labute approximate surface area is 169 Å². The van der Waals surface area contributed by atoms with Crippen LogP contribution in [0.15, 0.2) is 48.8 Å². The minimum absolute atomic E-state index is 0.00378. The van der Waals surface area contributed by atoms with E-state index >= 15 is 0 Å². The van der Waals surface area contributed by atoms with Crippen molar-refractivity contribution in [1.29, 1.82) is 0 Å². The standard InChI is InChI=1S/C19H10F7N5/c20-13-6-9(3-4-11(13)18(21,22)23)16-17(27)31-14(30-16)7-10(8-29-31)15-12(19(24,25)26)2-1-5-28-15/h1-8H,27H2. The lowest BCUT2D eigenvalue weighted by Crippen LogP contribution is -2.08. The number of hydrogen-bond acceptors (Lipinski definition) is 4. The second kappa shape index (κ2) is 6.93. The van der Waals surface area contributed by atoms with Gasteiger partial charge in [0.1, 0.15) is 11.5 Å². The Morgan fingerprint density at radius 2 is 1.55 bits per heavy atom. The molecule has 0 spiro atoms. The number of alkyl halides is 6. The van der Waals surface area contributed by atoms with Gasteiger partial charge in [0.25, 0.3) is 0 Å². The molecule has 4 rings (SSSR count). The molecule has 3 aromatic heterocycles. The van der Waals surface area contributed by atoms with Crippen LogP contribution in [0, 0.1) is 5.82 Å². The van der Waals surface area contributed by atoms with Gasteiger partial charge in [-0.05, 0) is 30.3 Å². The lowest BCUT2D eigenvalue weighted by molar-refractivity contribution is -0.140. The van der Waals surface area contributed by atoms with Crippen molar-refractivity contribution in [3.05, 3.63) is 65.7 Å². The smallest absolute Gasteiger partial charge is 0.382 e. The molecule has 0 radical (unpaired) electrons. The average molecular weight is 441 g/mol. The number of fused-ring (bicyclic) bond motifs is 1. The predicted octanol–water partition coefficient (Wildman–Crippen LogP) is 5.22. The summed E-state index contributed by atoms with van der Waals surface area (Å²) in [5, 5.41) is 3.95. The highest BCUT2D eigenvalue weighted by atomic mass is 19.4. The number of aromatic nitrogens is 4. The Morgan fingerprint density at radius 1 is 0.839 bits per heavy atom. The van der Waals surface area contributed by atoms with Crippen molar-refractivity contribution < 1.29 is 30.7 Å². The summed E-state index contributed by atoms with van der Waals surface area (Å²) in [7, 11) is 0. The molecule has 0 aliphatic heterocycles. The molecule has 3 heterocycles. The van der Waals surface area contributed by atoms with Crippen LogP contribution >= 0.6 is 0 Å². The maximum absolute atomic E-state index is 13.9. The number of imidazole rings is 1. The number of nitrogens with two attached hydrogens (primary N) is 1. The van der Waals surface area contributed by atoms with Crippen LogP contribution < -0.4 is 5.73 Å². The van der Waals surface area contributed by atoms with Gasteiger partial charge in [0.05, 0.1) is 23.0 Å². The van der Waals surface area contributed by atoms with Crippen LogP contribution in [-0.4, -0.2) is 19.6 Å². The zero-order chi connectivity index (χ0) is 22.6. The van der Waals surface area contributed by atoms with Gasteiger partial charge in [-0.3, -0.25) is 4.98 Å². The van der Waals surface area contributed by atoms with Crippen molar-refractivity contribution in [1.82, 2.24) is 19.6 Å². The van der Waals surface area contributed by atoms with Gasteiger partial charge in [-0.15, -0.1) is 0 Å². The van der Waals surface area contributed by atoms with E-state index in [1.165, 1.54) is 12.3 Å². The molecule has 0 aliphatic carbocycles. The number of hydrogen-bond donors (Lipinski definition) is 1. The number of halogens is 7. The summed E-state index contributed by atoms with van der Waals surface area (Å²) < 4.78 is 93.1. The van der Waals surface area contributed by atoms with E-state index in [-0.39, 0.29) is 34.0 Å². The number of anilines is 1. The molecule has 0 amide bonds. The van der Waals surface area contributed by atoms with E-state index in [4.69, 9.17) is 5.73 Å². The SMILES string of the molecule is Nc1c(-c2ccc(C(F)(F)F)c(F)c2)nc2cc(-c3ncccc3C(F)(F)F)cnn12. The van der Waals surface area contributed by atoms with Gasteiger partial charge >= 0.3 is 12.4 Å². The molecule has 4 aromatic rings. The maximum atomic E-state index is 13.9. The molecular formula is C19H10F7N5. The zero-order valence-electron chi connectivity index (χ0n) is 15.1. The predicted molar refractivity (Wildman–Crippen MR) is 96.0 cm³/mol. The van der Waals surface area contributed by atoms with Gasteiger partial charge in [-0.1, -0.05) is 6.07 Å². The fourth-order valence-corrected chi connectivity index (χ4v) is 3.05. The van der Waals surface area contributed by atoms with E-state index in [1.807, 2.05) is 0 Å². The molecule has 160 valence electrons. The van der Waals surface area contributed by atoms with Gasteiger partial charge in [-0.2, -0.15) is 36.0 Å². The highest BCUT2D eigenvalue weighted by molar-refractivity contribution is 5.76. The molecule has 5 nitrogen and oxygen atoms in total. The molecule has 0 saturated carbocycles. The van der Waals surface area contributed by atoms with Gasteiger partial charge in [0.2, 0.25) is 0 Å². The zero-order valence-corrected chi connectivity index (χ0v) is 15.1. The minimum Gasteiger partial charge on any atom is -0.382 e. The van der Waals surface area contributed by atoms with Crippen LogP contribution in [0.3, 0.4) is 0 Å². The molecule has 0 unspecified atom stereocenters. The Morgan fingerprint density at radius 3 is 2.19 bits per heavy atom. The van der Waals surface area contributed by atoms with Crippen molar-refractivity contribution in [2.24, 2.45) is 0 Å².